The lowest BCUT2D eigenvalue weighted by molar-refractivity contribution is -0.141. The Morgan fingerprint density at radius 2 is 2.10 bits per heavy atom. The molecule has 1 N–H and O–H groups in total. The molecule has 0 aliphatic carbocycles. The number of anilines is 1. The monoisotopic (exact) mass is 318 g/mol. The average molecular weight is 318 g/mol. The molecule has 0 aliphatic rings. The third-order valence-electron chi connectivity index (χ3n) is 2.64. The Morgan fingerprint density at radius 1 is 1.33 bits per heavy atom. The van der Waals surface area contributed by atoms with E-state index in [0.29, 0.717) is 6.42 Å². The van der Waals surface area contributed by atoms with Crippen LogP contribution in [0.5, 0.6) is 5.88 Å². The number of nitrogens with one attached hydrogen (secondary N) is 1. The maximum absolute atomic E-state index is 12.7. The van der Waals surface area contributed by atoms with Gasteiger partial charge in [0.15, 0.2) is 5.69 Å². The molecule has 0 aromatic carbocycles. The van der Waals surface area contributed by atoms with Crippen molar-refractivity contribution >= 4 is 17.3 Å². The van der Waals surface area contributed by atoms with Crippen molar-refractivity contribution < 1.29 is 17.9 Å². The van der Waals surface area contributed by atoms with Crippen molar-refractivity contribution in [1.29, 1.82) is 0 Å². The van der Waals surface area contributed by atoms with Gasteiger partial charge in [-0.05, 0) is 6.92 Å². The Kier molecular flexibility index (Phi) is 4.61. The van der Waals surface area contributed by atoms with Gasteiger partial charge in [0.25, 0.3) is 0 Å². The Morgan fingerprint density at radius 3 is 2.67 bits per heavy atom. The number of hydrogen-bond acceptors (Lipinski definition) is 6. The summed E-state index contributed by atoms with van der Waals surface area (Å²) in [6.07, 6.45) is -3.97. The third-order valence-corrected chi connectivity index (χ3v) is 3.64. The fourth-order valence-corrected chi connectivity index (χ4v) is 2.33. The van der Waals surface area contributed by atoms with E-state index in [2.05, 4.69) is 20.3 Å². The summed E-state index contributed by atoms with van der Waals surface area (Å²) < 4.78 is 43.4. The van der Waals surface area contributed by atoms with Crippen LogP contribution < -0.4 is 10.1 Å². The molecule has 9 heteroatoms. The second-order valence-electron chi connectivity index (χ2n) is 4.12. The van der Waals surface area contributed by atoms with Crippen molar-refractivity contribution in [2.75, 3.05) is 19.0 Å². The number of alkyl halides is 3. The van der Waals surface area contributed by atoms with Gasteiger partial charge >= 0.3 is 6.18 Å². The van der Waals surface area contributed by atoms with Crippen LogP contribution in [0.2, 0.25) is 0 Å². The van der Waals surface area contributed by atoms with Gasteiger partial charge in [-0.25, -0.2) is 9.97 Å². The van der Waals surface area contributed by atoms with Crippen molar-refractivity contribution in [3.63, 3.8) is 0 Å². The second-order valence-corrected chi connectivity index (χ2v) is 5.06. The van der Waals surface area contributed by atoms with E-state index in [1.807, 2.05) is 6.92 Å². The fourth-order valence-electron chi connectivity index (χ4n) is 1.57. The molecule has 0 amide bonds. The summed E-state index contributed by atoms with van der Waals surface area (Å²) in [5, 5.41) is 2.48. The zero-order chi connectivity index (χ0) is 15.5. The molecule has 0 aliphatic heterocycles. The Labute approximate surface area is 123 Å². The second kappa shape index (κ2) is 6.25. The molecule has 0 saturated heterocycles. The smallest absolute Gasteiger partial charge is 0.433 e. The van der Waals surface area contributed by atoms with Crippen LogP contribution in [-0.4, -0.2) is 28.6 Å². The maximum atomic E-state index is 12.7. The molecule has 114 valence electrons. The molecule has 0 saturated carbocycles. The first-order valence-corrected chi connectivity index (χ1v) is 6.94. The number of aromatic nitrogens is 3. The van der Waals surface area contributed by atoms with E-state index < -0.39 is 11.9 Å². The van der Waals surface area contributed by atoms with Crippen LogP contribution in [-0.2, 0) is 12.6 Å². The lowest BCUT2D eigenvalue weighted by Gasteiger charge is -2.10. The first-order chi connectivity index (χ1) is 9.90. The molecule has 2 aromatic rings. The molecule has 21 heavy (non-hydrogen) atoms. The largest absolute Gasteiger partial charge is 0.477 e. The number of rotatable bonds is 5. The molecule has 0 spiro atoms. The minimum atomic E-state index is -4.54. The quantitative estimate of drug-likeness (QED) is 0.918. The molecule has 0 unspecified atom stereocenters. The molecule has 5 nitrogen and oxygen atoms in total. The minimum absolute atomic E-state index is 0.108. The van der Waals surface area contributed by atoms with Gasteiger partial charge in [-0.3, -0.25) is 0 Å². The summed E-state index contributed by atoms with van der Waals surface area (Å²) in [5.74, 6) is -0.238. The highest BCUT2D eigenvalue weighted by molar-refractivity contribution is 7.09. The van der Waals surface area contributed by atoms with Crippen LogP contribution in [0, 0.1) is 6.92 Å². The lowest BCUT2D eigenvalue weighted by atomic mass is 10.3. The summed E-state index contributed by atoms with van der Waals surface area (Å²) in [5.41, 5.74) is 1.58. The topological polar surface area (TPSA) is 59.9 Å². The molecule has 0 radical (unpaired) electrons. The molecule has 2 aromatic heterocycles. The standard InChI is InChI=1S/C12H13F3N4OS/c1-7-8(21-6-17-7)3-4-20-10-5-9(12(13,14)15)18-11(16-2)19-10/h5-6H,3-4H2,1-2H3,(H,16,18,19). The fraction of sp³-hybridized carbons (Fsp3) is 0.417. The molecule has 0 bridgehead atoms. The van der Waals surface area contributed by atoms with Crippen molar-refractivity contribution in [3.05, 3.63) is 27.8 Å². The first kappa shape index (κ1) is 15.5. The zero-order valence-electron chi connectivity index (χ0n) is 11.4. The van der Waals surface area contributed by atoms with Crippen LogP contribution in [0.1, 0.15) is 16.3 Å². The SMILES string of the molecule is CNc1nc(OCCc2scnc2C)cc(C(F)(F)F)n1. The Balaban J connectivity index is 2.07. The molecule has 2 heterocycles. The number of nitrogens with zero attached hydrogens (tertiary/aromatic N) is 3. The van der Waals surface area contributed by atoms with E-state index in [1.165, 1.54) is 18.4 Å². The molecular weight excluding hydrogens is 305 g/mol. The number of hydrogen-bond donors (Lipinski definition) is 1. The predicted octanol–water partition coefficient (Wildman–Crippen LogP) is 2.92. The molecular formula is C12H13F3N4OS. The molecule has 0 fully saturated rings. The maximum Gasteiger partial charge on any atom is 0.433 e. The van der Waals surface area contributed by atoms with Gasteiger partial charge in [0.05, 0.1) is 17.8 Å². The normalized spacial score (nSPS) is 11.5. The number of aryl methyl sites for hydroxylation is 1. The van der Waals surface area contributed by atoms with Gasteiger partial charge in [0.2, 0.25) is 11.8 Å². The van der Waals surface area contributed by atoms with E-state index in [0.717, 1.165) is 16.6 Å². The summed E-state index contributed by atoms with van der Waals surface area (Å²) >= 11 is 1.48. The van der Waals surface area contributed by atoms with E-state index in [9.17, 15) is 13.2 Å². The Bertz CT molecular complexity index is 615. The van der Waals surface area contributed by atoms with Crippen molar-refractivity contribution in [3.8, 4) is 5.88 Å². The van der Waals surface area contributed by atoms with Gasteiger partial charge in [0, 0.05) is 24.4 Å². The average Bonchev–Trinajstić information content (AvgIpc) is 2.83. The Hall–Kier alpha value is -1.90. The number of thiazole rings is 1. The highest BCUT2D eigenvalue weighted by Gasteiger charge is 2.34. The summed E-state index contributed by atoms with van der Waals surface area (Å²) in [6, 6.07) is 0.792. The van der Waals surface area contributed by atoms with Crippen LogP contribution in [0.25, 0.3) is 0 Å². The molecule has 2 rings (SSSR count). The van der Waals surface area contributed by atoms with Crippen LogP contribution in [0.4, 0.5) is 19.1 Å². The van der Waals surface area contributed by atoms with Gasteiger partial charge in [-0.15, -0.1) is 11.3 Å². The van der Waals surface area contributed by atoms with Gasteiger partial charge < -0.3 is 10.1 Å². The zero-order valence-corrected chi connectivity index (χ0v) is 12.2. The molecule has 0 atom stereocenters. The van der Waals surface area contributed by atoms with E-state index >= 15 is 0 Å². The van der Waals surface area contributed by atoms with Gasteiger partial charge in [-0.2, -0.15) is 18.2 Å². The first-order valence-electron chi connectivity index (χ1n) is 6.06. The van der Waals surface area contributed by atoms with Gasteiger partial charge in [-0.1, -0.05) is 0 Å². The minimum Gasteiger partial charge on any atom is -0.477 e. The third kappa shape index (κ3) is 4.03. The van der Waals surface area contributed by atoms with E-state index in [-0.39, 0.29) is 18.4 Å². The van der Waals surface area contributed by atoms with Crippen molar-refractivity contribution in [1.82, 2.24) is 15.0 Å². The van der Waals surface area contributed by atoms with Crippen molar-refractivity contribution in [2.24, 2.45) is 0 Å². The summed E-state index contributed by atoms with van der Waals surface area (Å²) in [4.78, 5) is 12.3. The number of ether oxygens (including phenoxy) is 1. The van der Waals surface area contributed by atoms with E-state index in [1.54, 1.807) is 5.51 Å². The van der Waals surface area contributed by atoms with Crippen molar-refractivity contribution in [2.45, 2.75) is 19.5 Å². The predicted molar refractivity (Wildman–Crippen MR) is 72.6 cm³/mol. The van der Waals surface area contributed by atoms with Crippen LogP contribution in [0.3, 0.4) is 0 Å². The van der Waals surface area contributed by atoms with Crippen LogP contribution >= 0.6 is 11.3 Å². The summed E-state index contributed by atoms with van der Waals surface area (Å²) in [6.45, 7) is 2.10. The lowest BCUT2D eigenvalue weighted by Crippen LogP contribution is -2.12. The number of halogens is 3. The van der Waals surface area contributed by atoms with Crippen LogP contribution in [0.15, 0.2) is 11.6 Å². The highest BCUT2D eigenvalue weighted by atomic mass is 32.1. The van der Waals surface area contributed by atoms with Gasteiger partial charge in [0.1, 0.15) is 0 Å². The van der Waals surface area contributed by atoms with E-state index in [4.69, 9.17) is 4.74 Å². The summed E-state index contributed by atoms with van der Waals surface area (Å²) in [7, 11) is 1.44. The highest BCUT2D eigenvalue weighted by Crippen LogP contribution is 2.30.